The number of carboxylic acids is 1. The monoisotopic (exact) mass is 480 g/mol. The molecular weight excluding hydrogens is 451 g/mol. The molecule has 3 heterocycles. The van der Waals surface area contributed by atoms with Crippen molar-refractivity contribution < 1.29 is 19.0 Å². The van der Waals surface area contributed by atoms with Crippen LogP contribution < -0.4 is 9.64 Å². The first-order valence-electron chi connectivity index (χ1n) is 11.7. The molecule has 1 unspecified atom stereocenters. The Hall–Kier alpha value is -2.90. The number of hydrogen-bond donors (Lipinski definition) is 1. The molecule has 1 fully saturated rings. The van der Waals surface area contributed by atoms with E-state index in [1.807, 2.05) is 12.1 Å². The summed E-state index contributed by atoms with van der Waals surface area (Å²) in [5.41, 5.74) is 4.78. The lowest BCUT2D eigenvalue weighted by Gasteiger charge is -2.35. The van der Waals surface area contributed by atoms with Crippen LogP contribution in [0.3, 0.4) is 0 Å². The fraction of sp³-hybridized carbons (Fsp3) is 0.370. The number of likely N-dealkylation sites (tertiary alicyclic amines) is 1. The van der Waals surface area contributed by atoms with Crippen molar-refractivity contribution in [3.63, 3.8) is 0 Å². The average molecular weight is 481 g/mol. The molecule has 3 aromatic rings. The van der Waals surface area contributed by atoms with E-state index < -0.39 is 5.97 Å². The molecule has 7 heteroatoms. The third kappa shape index (κ3) is 4.68. The van der Waals surface area contributed by atoms with Gasteiger partial charge < -0.3 is 14.7 Å². The fourth-order valence-electron chi connectivity index (χ4n) is 5.49. The number of methoxy groups -OCH3 is 1. The molecule has 0 spiro atoms. The van der Waals surface area contributed by atoms with Crippen molar-refractivity contribution >= 4 is 23.0 Å². The van der Waals surface area contributed by atoms with E-state index >= 15 is 0 Å². The summed E-state index contributed by atoms with van der Waals surface area (Å²) < 4.78 is 19.3. The highest BCUT2D eigenvalue weighted by Gasteiger charge is 2.36. The molecule has 0 saturated carbocycles. The van der Waals surface area contributed by atoms with E-state index in [-0.39, 0.29) is 11.4 Å². The van der Waals surface area contributed by atoms with Crippen molar-refractivity contribution in [2.75, 3.05) is 31.6 Å². The summed E-state index contributed by atoms with van der Waals surface area (Å²) in [5, 5.41) is 13.7. The highest BCUT2D eigenvalue weighted by molar-refractivity contribution is 7.07. The number of thiophene rings is 1. The molecule has 0 bridgehead atoms. The Bertz CT molecular complexity index is 1160. The predicted molar refractivity (Wildman–Crippen MR) is 132 cm³/mol. The number of rotatable bonds is 7. The highest BCUT2D eigenvalue weighted by atomic mass is 32.1. The van der Waals surface area contributed by atoms with Gasteiger partial charge in [0.1, 0.15) is 17.1 Å². The number of piperidine rings is 1. The third-order valence-corrected chi connectivity index (χ3v) is 7.94. The Morgan fingerprint density at radius 3 is 2.65 bits per heavy atom. The molecule has 2 aromatic carbocycles. The van der Waals surface area contributed by atoms with Crippen LogP contribution in [0.15, 0.2) is 53.2 Å². The summed E-state index contributed by atoms with van der Waals surface area (Å²) in [6.07, 6.45) is 2.16. The minimum absolute atomic E-state index is 0.176. The van der Waals surface area contributed by atoms with Crippen molar-refractivity contribution in [1.82, 2.24) is 4.90 Å². The van der Waals surface area contributed by atoms with Gasteiger partial charge in [0.15, 0.2) is 0 Å². The second-order valence-corrected chi connectivity index (χ2v) is 10.1. The number of carbonyl (C=O) groups is 1. The lowest BCUT2D eigenvalue weighted by Crippen LogP contribution is -2.36. The van der Waals surface area contributed by atoms with Gasteiger partial charge in [-0.1, -0.05) is 12.1 Å². The molecule has 5 nitrogen and oxygen atoms in total. The number of benzene rings is 2. The number of aromatic carboxylic acids is 1. The largest absolute Gasteiger partial charge is 0.496 e. The standard InChI is InChI=1S/C27H29FN2O3S/c1-33-26-5-2-18(12-23(26)27(31)32)14-29-9-6-20(7-10-29)24-16-30(15-19-8-11-34-17-19)25-13-21(28)3-4-22(24)25/h2-5,8,11-13,17,20,24H,6-7,9-10,14-16H2,1H3,(H,31,32). The number of ether oxygens (including phenoxy) is 1. The molecule has 1 aromatic heterocycles. The Kier molecular flexibility index (Phi) is 6.57. The minimum atomic E-state index is -0.972. The average Bonchev–Trinajstić information content (AvgIpc) is 3.48. The van der Waals surface area contributed by atoms with Gasteiger partial charge in [-0.05, 0) is 89.6 Å². The van der Waals surface area contributed by atoms with Crippen LogP contribution in [0, 0.1) is 11.7 Å². The van der Waals surface area contributed by atoms with Crippen molar-refractivity contribution in [3.05, 3.63) is 81.3 Å². The molecule has 5 rings (SSSR count). The second-order valence-electron chi connectivity index (χ2n) is 9.28. The molecule has 1 N–H and O–H groups in total. The van der Waals surface area contributed by atoms with Crippen LogP contribution in [-0.4, -0.2) is 42.7 Å². The Labute approximate surface area is 203 Å². The molecule has 0 aliphatic carbocycles. The van der Waals surface area contributed by atoms with Crippen molar-refractivity contribution in [2.24, 2.45) is 5.92 Å². The van der Waals surface area contributed by atoms with Crippen molar-refractivity contribution in [3.8, 4) is 5.75 Å². The van der Waals surface area contributed by atoms with Crippen LogP contribution in [0.5, 0.6) is 5.75 Å². The summed E-state index contributed by atoms with van der Waals surface area (Å²) in [5.74, 6) is 0.207. The van der Waals surface area contributed by atoms with Gasteiger partial charge in [-0.15, -0.1) is 0 Å². The molecule has 1 atom stereocenters. The maximum absolute atomic E-state index is 14.1. The minimum Gasteiger partial charge on any atom is -0.496 e. The molecule has 2 aliphatic heterocycles. The van der Waals surface area contributed by atoms with Gasteiger partial charge in [0.2, 0.25) is 0 Å². The predicted octanol–water partition coefficient (Wildman–Crippen LogP) is 5.61. The van der Waals surface area contributed by atoms with E-state index in [9.17, 15) is 14.3 Å². The summed E-state index contributed by atoms with van der Waals surface area (Å²) in [7, 11) is 1.49. The SMILES string of the molecule is COc1ccc(CN2CCC(C3CN(Cc4ccsc4)c4cc(F)ccc43)CC2)cc1C(=O)O. The van der Waals surface area contributed by atoms with Gasteiger partial charge in [-0.25, -0.2) is 9.18 Å². The van der Waals surface area contributed by atoms with E-state index in [1.165, 1.54) is 18.2 Å². The lowest BCUT2D eigenvalue weighted by atomic mass is 9.81. The maximum atomic E-state index is 14.1. The summed E-state index contributed by atoms with van der Waals surface area (Å²) in [6.45, 7) is 4.42. The molecule has 1 saturated heterocycles. The van der Waals surface area contributed by atoms with Gasteiger partial charge in [-0.3, -0.25) is 4.90 Å². The van der Waals surface area contributed by atoms with Crippen molar-refractivity contribution in [2.45, 2.75) is 31.8 Å². The van der Waals surface area contributed by atoms with E-state index in [1.54, 1.807) is 35.6 Å². The number of anilines is 1. The fourth-order valence-corrected chi connectivity index (χ4v) is 6.15. The van der Waals surface area contributed by atoms with E-state index in [2.05, 4.69) is 26.6 Å². The van der Waals surface area contributed by atoms with Crippen LogP contribution in [0.2, 0.25) is 0 Å². The number of carboxylic acid groups (broad SMARTS) is 1. The van der Waals surface area contributed by atoms with Gasteiger partial charge in [0.05, 0.1) is 7.11 Å². The van der Waals surface area contributed by atoms with Crippen LogP contribution in [-0.2, 0) is 13.1 Å². The smallest absolute Gasteiger partial charge is 0.339 e. The quantitative estimate of drug-likeness (QED) is 0.476. The van der Waals surface area contributed by atoms with Crippen LogP contribution in [0.25, 0.3) is 0 Å². The molecule has 178 valence electrons. The van der Waals surface area contributed by atoms with E-state index in [0.717, 1.165) is 56.8 Å². The van der Waals surface area contributed by atoms with E-state index in [0.29, 0.717) is 17.6 Å². The topological polar surface area (TPSA) is 53.0 Å². The van der Waals surface area contributed by atoms with Gasteiger partial charge >= 0.3 is 5.97 Å². The van der Waals surface area contributed by atoms with Gasteiger partial charge in [-0.2, -0.15) is 11.3 Å². The third-order valence-electron chi connectivity index (χ3n) is 7.21. The number of hydrogen-bond acceptors (Lipinski definition) is 5. The number of nitrogens with zero attached hydrogens (tertiary/aromatic N) is 2. The Morgan fingerprint density at radius 1 is 1.12 bits per heavy atom. The zero-order valence-corrected chi connectivity index (χ0v) is 20.1. The lowest BCUT2D eigenvalue weighted by molar-refractivity contribution is 0.0693. The Morgan fingerprint density at radius 2 is 1.94 bits per heavy atom. The maximum Gasteiger partial charge on any atom is 0.339 e. The second kappa shape index (κ2) is 9.76. The molecule has 0 radical (unpaired) electrons. The number of halogens is 1. The molecular formula is C27H29FN2O3S. The molecule has 0 amide bonds. The summed E-state index contributed by atoms with van der Waals surface area (Å²) in [6, 6.07) is 12.8. The highest BCUT2D eigenvalue weighted by Crippen LogP contribution is 2.44. The van der Waals surface area contributed by atoms with Gasteiger partial charge in [0.25, 0.3) is 0 Å². The zero-order valence-electron chi connectivity index (χ0n) is 19.2. The first kappa shape index (κ1) is 22.9. The van der Waals surface area contributed by atoms with Crippen LogP contribution in [0.1, 0.15) is 45.8 Å². The van der Waals surface area contributed by atoms with E-state index in [4.69, 9.17) is 4.74 Å². The Balaban J connectivity index is 1.25. The zero-order chi connectivity index (χ0) is 23.7. The van der Waals surface area contributed by atoms with Crippen LogP contribution in [0.4, 0.5) is 10.1 Å². The molecule has 2 aliphatic rings. The molecule has 34 heavy (non-hydrogen) atoms. The van der Waals surface area contributed by atoms with Gasteiger partial charge in [0, 0.05) is 31.2 Å². The first-order chi connectivity index (χ1) is 16.5. The summed E-state index contributed by atoms with van der Waals surface area (Å²) in [4.78, 5) is 16.3. The van der Waals surface area contributed by atoms with Crippen molar-refractivity contribution in [1.29, 1.82) is 0 Å². The van der Waals surface area contributed by atoms with Crippen LogP contribution >= 0.6 is 11.3 Å². The number of fused-ring (bicyclic) bond motifs is 1. The normalized spacial score (nSPS) is 18.8. The summed E-state index contributed by atoms with van der Waals surface area (Å²) >= 11 is 1.70. The first-order valence-corrected chi connectivity index (χ1v) is 12.6.